The van der Waals surface area contributed by atoms with Gasteiger partial charge in [-0.15, -0.1) is 0 Å². The molecule has 0 fully saturated rings. The fourth-order valence-electron chi connectivity index (χ4n) is 4.56. The first-order chi connectivity index (χ1) is 13.4. The number of ketones is 1. The number of halogens is 3. The molecular weight excluding hydrogens is 365 g/mol. The number of fused-ring (bicyclic) bond motifs is 2. The zero-order valence-electron chi connectivity index (χ0n) is 15.0. The van der Waals surface area contributed by atoms with Crippen LogP contribution in [0.15, 0.2) is 48.8 Å². The second kappa shape index (κ2) is 6.06. The lowest BCUT2D eigenvalue weighted by Gasteiger charge is -2.24. The smallest absolute Gasteiger partial charge is 0.334 e. The van der Waals surface area contributed by atoms with E-state index in [9.17, 15) is 18.0 Å². The zero-order valence-corrected chi connectivity index (χ0v) is 15.0. The molecule has 0 unspecified atom stereocenters. The molecule has 1 heterocycles. The summed E-state index contributed by atoms with van der Waals surface area (Å²) in [6.45, 7) is 0.230. The molecule has 28 heavy (non-hydrogen) atoms. The average Bonchev–Trinajstić information content (AvgIpc) is 3.21. The lowest BCUT2D eigenvalue weighted by Crippen LogP contribution is -2.26. The molecule has 2 aliphatic rings. The number of rotatable bonds is 3. The van der Waals surface area contributed by atoms with E-state index in [1.807, 2.05) is 30.3 Å². The molecule has 0 spiro atoms. The van der Waals surface area contributed by atoms with Gasteiger partial charge in [0, 0.05) is 30.4 Å². The molecule has 1 aromatic heterocycles. The first-order valence-corrected chi connectivity index (χ1v) is 9.29. The SMILES string of the molecule is O=C1C2=C(CC[C@@H]1Cn1ccnc1CC(F)(F)F)c1cccc3cccc2c13. The van der Waals surface area contributed by atoms with E-state index in [1.54, 1.807) is 0 Å². The van der Waals surface area contributed by atoms with Crippen LogP contribution >= 0.6 is 0 Å². The van der Waals surface area contributed by atoms with Gasteiger partial charge in [0.05, 0.1) is 0 Å². The summed E-state index contributed by atoms with van der Waals surface area (Å²) in [7, 11) is 0. The standard InChI is InChI=1S/C22H17F3N2O/c23-22(24,25)11-18-26-9-10-27(18)12-14-7-8-16-15-5-1-3-13-4-2-6-17(19(13)15)20(16)21(14)28/h1-6,9-10,14H,7-8,11-12H2/t14-/m1/s1. The molecule has 3 nitrogen and oxygen atoms in total. The highest BCUT2D eigenvalue weighted by molar-refractivity contribution is 6.36. The quantitative estimate of drug-likeness (QED) is 0.636. The average molecular weight is 382 g/mol. The van der Waals surface area contributed by atoms with Crippen LogP contribution in [0.3, 0.4) is 0 Å². The van der Waals surface area contributed by atoms with E-state index in [1.165, 1.54) is 17.0 Å². The van der Waals surface area contributed by atoms with Gasteiger partial charge in [-0.2, -0.15) is 13.2 Å². The van der Waals surface area contributed by atoms with Gasteiger partial charge in [0.1, 0.15) is 12.2 Å². The first kappa shape index (κ1) is 17.2. The van der Waals surface area contributed by atoms with Crippen molar-refractivity contribution in [2.24, 2.45) is 5.92 Å². The predicted octanol–water partition coefficient (Wildman–Crippen LogP) is 5.04. The fourth-order valence-corrected chi connectivity index (χ4v) is 4.56. The van der Waals surface area contributed by atoms with Crippen molar-refractivity contribution in [3.63, 3.8) is 0 Å². The number of carbonyl (C=O) groups is 1. The number of Topliss-reactive ketones (excluding diaryl/α,β-unsaturated/α-hetero) is 1. The third-order valence-corrected chi connectivity index (χ3v) is 5.74. The highest BCUT2D eigenvalue weighted by Crippen LogP contribution is 2.48. The van der Waals surface area contributed by atoms with E-state index in [0.29, 0.717) is 6.42 Å². The van der Waals surface area contributed by atoms with Crippen LogP contribution in [-0.2, 0) is 17.8 Å². The van der Waals surface area contributed by atoms with Crippen molar-refractivity contribution in [2.45, 2.75) is 32.0 Å². The number of carbonyl (C=O) groups excluding carboxylic acids is 1. The van der Waals surface area contributed by atoms with Crippen LogP contribution < -0.4 is 0 Å². The molecule has 0 saturated carbocycles. The van der Waals surface area contributed by atoms with Gasteiger partial charge in [-0.1, -0.05) is 36.4 Å². The number of benzene rings is 2. The molecule has 5 rings (SSSR count). The largest absolute Gasteiger partial charge is 0.396 e. The minimum atomic E-state index is -4.32. The number of nitrogens with zero attached hydrogens (tertiary/aromatic N) is 2. The van der Waals surface area contributed by atoms with Crippen LogP contribution in [0.5, 0.6) is 0 Å². The van der Waals surface area contributed by atoms with Crippen molar-refractivity contribution in [1.29, 1.82) is 0 Å². The molecule has 3 aromatic rings. The molecule has 142 valence electrons. The van der Waals surface area contributed by atoms with Crippen molar-refractivity contribution in [3.05, 3.63) is 65.7 Å². The maximum absolute atomic E-state index is 13.3. The van der Waals surface area contributed by atoms with Gasteiger partial charge in [0.2, 0.25) is 0 Å². The fraction of sp³-hybridized carbons (Fsp3) is 0.273. The Morgan fingerprint density at radius 2 is 1.86 bits per heavy atom. The molecule has 0 N–H and O–H groups in total. The van der Waals surface area contributed by atoms with Crippen molar-refractivity contribution in [2.75, 3.05) is 0 Å². The van der Waals surface area contributed by atoms with Gasteiger partial charge in [0.25, 0.3) is 0 Å². The van der Waals surface area contributed by atoms with Crippen LogP contribution in [0.2, 0.25) is 0 Å². The van der Waals surface area contributed by atoms with Gasteiger partial charge in [-0.3, -0.25) is 4.79 Å². The van der Waals surface area contributed by atoms with Gasteiger partial charge in [-0.05, 0) is 40.3 Å². The van der Waals surface area contributed by atoms with Gasteiger partial charge in [-0.25, -0.2) is 4.98 Å². The second-order valence-electron chi connectivity index (χ2n) is 7.45. The van der Waals surface area contributed by atoms with E-state index in [0.717, 1.165) is 39.5 Å². The third kappa shape index (κ3) is 2.66. The number of hydrogen-bond donors (Lipinski definition) is 0. The Bertz CT molecular complexity index is 1130. The number of imidazole rings is 1. The zero-order chi connectivity index (χ0) is 19.5. The Balaban J connectivity index is 1.48. The molecule has 0 radical (unpaired) electrons. The topological polar surface area (TPSA) is 34.9 Å². The highest BCUT2D eigenvalue weighted by atomic mass is 19.4. The Morgan fingerprint density at radius 1 is 1.11 bits per heavy atom. The van der Waals surface area contributed by atoms with E-state index < -0.39 is 12.6 Å². The molecule has 2 aliphatic carbocycles. The lowest BCUT2D eigenvalue weighted by molar-refractivity contribution is -0.129. The van der Waals surface area contributed by atoms with Crippen molar-refractivity contribution >= 4 is 27.7 Å². The Morgan fingerprint density at radius 3 is 2.61 bits per heavy atom. The molecule has 0 aliphatic heterocycles. The maximum Gasteiger partial charge on any atom is 0.396 e. The third-order valence-electron chi connectivity index (χ3n) is 5.74. The summed E-state index contributed by atoms with van der Waals surface area (Å²) < 4.78 is 39.8. The summed E-state index contributed by atoms with van der Waals surface area (Å²) in [5.74, 6) is -0.363. The number of alkyl halides is 3. The summed E-state index contributed by atoms with van der Waals surface area (Å²) in [4.78, 5) is 17.2. The second-order valence-corrected chi connectivity index (χ2v) is 7.45. The Labute approximate surface area is 159 Å². The first-order valence-electron chi connectivity index (χ1n) is 9.29. The molecule has 0 amide bonds. The summed E-state index contributed by atoms with van der Waals surface area (Å²) in [6.07, 6.45) is -1.13. The van der Waals surface area contributed by atoms with Gasteiger partial charge < -0.3 is 4.57 Å². The molecule has 0 bridgehead atoms. The Kier molecular flexibility index (Phi) is 3.73. The van der Waals surface area contributed by atoms with E-state index in [2.05, 4.69) is 11.1 Å². The predicted molar refractivity (Wildman–Crippen MR) is 100 cm³/mol. The molecule has 6 heteroatoms. The summed E-state index contributed by atoms with van der Waals surface area (Å²) >= 11 is 0. The summed E-state index contributed by atoms with van der Waals surface area (Å²) in [6, 6.07) is 12.1. The minimum Gasteiger partial charge on any atom is -0.334 e. The van der Waals surface area contributed by atoms with Crippen molar-refractivity contribution in [1.82, 2.24) is 9.55 Å². The van der Waals surface area contributed by atoms with Crippen molar-refractivity contribution in [3.8, 4) is 0 Å². The van der Waals surface area contributed by atoms with Crippen LogP contribution in [0.4, 0.5) is 13.2 Å². The maximum atomic E-state index is 13.3. The van der Waals surface area contributed by atoms with E-state index >= 15 is 0 Å². The van der Waals surface area contributed by atoms with E-state index in [-0.39, 0.29) is 24.1 Å². The summed E-state index contributed by atoms with van der Waals surface area (Å²) in [5.41, 5.74) is 3.91. The van der Waals surface area contributed by atoms with Crippen LogP contribution in [0, 0.1) is 5.92 Å². The normalized spacial score (nSPS) is 18.8. The molecule has 0 saturated heterocycles. The number of aromatic nitrogens is 2. The highest BCUT2D eigenvalue weighted by Gasteiger charge is 2.37. The lowest BCUT2D eigenvalue weighted by atomic mass is 9.81. The van der Waals surface area contributed by atoms with Crippen LogP contribution in [0.1, 0.15) is 29.8 Å². The van der Waals surface area contributed by atoms with E-state index in [4.69, 9.17) is 0 Å². The number of allylic oxidation sites excluding steroid dienone is 2. The Hall–Kier alpha value is -2.89. The van der Waals surface area contributed by atoms with Crippen LogP contribution in [-0.4, -0.2) is 21.5 Å². The van der Waals surface area contributed by atoms with Crippen molar-refractivity contribution < 1.29 is 18.0 Å². The minimum absolute atomic E-state index is 0.0246. The number of hydrogen-bond acceptors (Lipinski definition) is 2. The monoisotopic (exact) mass is 382 g/mol. The van der Waals surface area contributed by atoms with Crippen LogP contribution in [0.25, 0.3) is 21.9 Å². The summed E-state index contributed by atoms with van der Waals surface area (Å²) in [5, 5.41) is 2.22. The molecular formula is C22H17F3N2O. The molecule has 1 atom stereocenters. The molecule has 2 aromatic carbocycles. The van der Waals surface area contributed by atoms with Gasteiger partial charge in [0.15, 0.2) is 5.78 Å². The van der Waals surface area contributed by atoms with Gasteiger partial charge >= 0.3 is 6.18 Å².